The molecule has 0 bridgehead atoms. The highest BCUT2D eigenvalue weighted by molar-refractivity contribution is 6.32. The third kappa shape index (κ3) is 4.23. The molecule has 0 aliphatic rings. The van der Waals surface area contributed by atoms with Gasteiger partial charge in [-0.25, -0.2) is 14.8 Å². The highest BCUT2D eigenvalue weighted by Gasteiger charge is 2.18. The molecular formula is C22H18ClN5O4. The van der Waals surface area contributed by atoms with Crippen LogP contribution in [0.5, 0.6) is 5.75 Å². The number of anilines is 1. The number of halogens is 1. The fraction of sp³-hybridized carbons (Fsp3) is 0.136. The van der Waals surface area contributed by atoms with E-state index in [0.717, 1.165) is 14.7 Å². The van der Waals surface area contributed by atoms with E-state index in [9.17, 15) is 14.4 Å². The topological polar surface area (TPSA) is 108 Å². The molecule has 10 heteroatoms. The van der Waals surface area contributed by atoms with Gasteiger partial charge in [-0.05, 0) is 23.8 Å². The van der Waals surface area contributed by atoms with Crippen molar-refractivity contribution in [1.82, 2.24) is 19.1 Å². The van der Waals surface area contributed by atoms with Crippen LogP contribution in [0.1, 0.15) is 5.56 Å². The summed E-state index contributed by atoms with van der Waals surface area (Å²) in [6, 6.07) is 13.8. The van der Waals surface area contributed by atoms with Crippen LogP contribution < -0.4 is 21.3 Å². The first-order valence-corrected chi connectivity index (χ1v) is 9.97. The quantitative estimate of drug-likeness (QED) is 0.482. The van der Waals surface area contributed by atoms with Crippen molar-refractivity contribution in [1.29, 1.82) is 0 Å². The molecule has 0 aliphatic heterocycles. The van der Waals surface area contributed by atoms with Gasteiger partial charge in [0.15, 0.2) is 11.2 Å². The maximum absolute atomic E-state index is 13.2. The van der Waals surface area contributed by atoms with E-state index in [1.807, 2.05) is 18.2 Å². The van der Waals surface area contributed by atoms with Crippen LogP contribution in [0.2, 0.25) is 5.02 Å². The largest absolute Gasteiger partial charge is 0.495 e. The van der Waals surface area contributed by atoms with Crippen molar-refractivity contribution in [2.45, 2.75) is 13.1 Å². The van der Waals surface area contributed by atoms with Crippen LogP contribution in [-0.2, 0) is 17.9 Å². The molecule has 0 saturated heterocycles. The minimum Gasteiger partial charge on any atom is -0.495 e. The molecule has 9 nitrogen and oxygen atoms in total. The summed E-state index contributed by atoms with van der Waals surface area (Å²) in [7, 11) is 1.49. The van der Waals surface area contributed by atoms with E-state index in [1.165, 1.54) is 25.6 Å². The van der Waals surface area contributed by atoms with E-state index < -0.39 is 17.2 Å². The average molecular weight is 452 g/mol. The second kappa shape index (κ2) is 9.03. The van der Waals surface area contributed by atoms with Crippen molar-refractivity contribution in [2.75, 3.05) is 12.4 Å². The third-order valence-electron chi connectivity index (χ3n) is 4.76. The second-order valence-electron chi connectivity index (χ2n) is 6.87. The highest BCUT2D eigenvalue weighted by Crippen LogP contribution is 2.27. The van der Waals surface area contributed by atoms with Gasteiger partial charge in [-0.3, -0.25) is 18.7 Å². The summed E-state index contributed by atoms with van der Waals surface area (Å²) in [5.41, 5.74) is 0.00836. The standard InChI is InChI=1S/C22H18ClN5O4/c1-32-17-8-7-15(11-16(17)23)26-18(29)13-27-20-19(24-9-10-25-20)21(30)28(22(27)31)12-14-5-3-2-4-6-14/h2-11H,12-13H2,1H3,(H,26,29). The molecule has 162 valence electrons. The lowest BCUT2D eigenvalue weighted by molar-refractivity contribution is -0.116. The van der Waals surface area contributed by atoms with E-state index in [0.29, 0.717) is 16.5 Å². The Bertz CT molecular complexity index is 1420. The van der Waals surface area contributed by atoms with Crippen LogP contribution in [0.25, 0.3) is 11.2 Å². The minimum absolute atomic E-state index is 0.00308. The van der Waals surface area contributed by atoms with E-state index in [4.69, 9.17) is 16.3 Å². The number of hydrogen-bond donors (Lipinski definition) is 1. The number of benzene rings is 2. The normalized spacial score (nSPS) is 10.8. The molecule has 4 rings (SSSR count). The van der Waals surface area contributed by atoms with Gasteiger partial charge in [-0.2, -0.15) is 0 Å². The molecule has 0 fully saturated rings. The van der Waals surface area contributed by atoms with Gasteiger partial charge in [0.25, 0.3) is 5.56 Å². The van der Waals surface area contributed by atoms with Gasteiger partial charge in [0.2, 0.25) is 5.91 Å². The molecule has 2 aromatic heterocycles. The Kier molecular flexibility index (Phi) is 6.00. The molecule has 1 N–H and O–H groups in total. The zero-order valence-corrected chi connectivity index (χ0v) is 17.7. The van der Waals surface area contributed by atoms with Crippen molar-refractivity contribution in [2.24, 2.45) is 0 Å². The van der Waals surface area contributed by atoms with Crippen LogP contribution in [-0.4, -0.2) is 32.1 Å². The van der Waals surface area contributed by atoms with E-state index in [1.54, 1.807) is 24.3 Å². The number of rotatable bonds is 6. The van der Waals surface area contributed by atoms with Gasteiger partial charge in [-0.1, -0.05) is 41.9 Å². The molecule has 0 aliphatic carbocycles. The van der Waals surface area contributed by atoms with Gasteiger partial charge in [0, 0.05) is 18.1 Å². The number of ether oxygens (including phenoxy) is 1. The molecule has 0 atom stereocenters. The van der Waals surface area contributed by atoms with E-state index >= 15 is 0 Å². The molecule has 4 aromatic rings. The van der Waals surface area contributed by atoms with E-state index in [-0.39, 0.29) is 24.3 Å². The van der Waals surface area contributed by atoms with Crippen LogP contribution in [0.15, 0.2) is 70.5 Å². The Labute approximate surface area is 186 Å². The smallest absolute Gasteiger partial charge is 0.333 e. The lowest BCUT2D eigenvalue weighted by atomic mass is 10.2. The van der Waals surface area contributed by atoms with Gasteiger partial charge < -0.3 is 10.1 Å². The Morgan fingerprint density at radius 1 is 1.06 bits per heavy atom. The maximum atomic E-state index is 13.2. The van der Waals surface area contributed by atoms with E-state index in [2.05, 4.69) is 15.3 Å². The molecule has 0 radical (unpaired) electrons. The highest BCUT2D eigenvalue weighted by atomic mass is 35.5. The van der Waals surface area contributed by atoms with Gasteiger partial charge in [0.1, 0.15) is 12.3 Å². The predicted molar refractivity (Wildman–Crippen MR) is 120 cm³/mol. The van der Waals surface area contributed by atoms with Gasteiger partial charge in [-0.15, -0.1) is 0 Å². The summed E-state index contributed by atoms with van der Waals surface area (Å²) in [6.07, 6.45) is 2.73. The van der Waals surface area contributed by atoms with Crippen molar-refractivity contribution >= 4 is 34.4 Å². The summed E-state index contributed by atoms with van der Waals surface area (Å²) >= 11 is 6.10. The van der Waals surface area contributed by atoms with Crippen molar-refractivity contribution in [3.05, 3.63) is 92.3 Å². The molecule has 0 saturated carbocycles. The lowest BCUT2D eigenvalue weighted by Gasteiger charge is -2.13. The van der Waals surface area contributed by atoms with Crippen LogP contribution in [0.3, 0.4) is 0 Å². The third-order valence-corrected chi connectivity index (χ3v) is 5.06. The zero-order chi connectivity index (χ0) is 22.7. The first-order chi connectivity index (χ1) is 15.5. The SMILES string of the molecule is COc1ccc(NC(=O)Cn2c(=O)n(Cc3ccccc3)c(=O)c3nccnc32)cc1Cl. The minimum atomic E-state index is -0.658. The number of amides is 1. The summed E-state index contributed by atoms with van der Waals surface area (Å²) in [4.78, 5) is 47.0. The monoisotopic (exact) mass is 451 g/mol. The zero-order valence-electron chi connectivity index (χ0n) is 17.0. The van der Waals surface area contributed by atoms with Crippen molar-refractivity contribution in [3.8, 4) is 5.75 Å². The van der Waals surface area contributed by atoms with Gasteiger partial charge >= 0.3 is 5.69 Å². The van der Waals surface area contributed by atoms with Crippen molar-refractivity contribution < 1.29 is 9.53 Å². The summed E-state index contributed by atoms with van der Waals surface area (Å²) in [6.45, 7) is -0.326. The van der Waals surface area contributed by atoms with Crippen molar-refractivity contribution in [3.63, 3.8) is 0 Å². The fourth-order valence-corrected chi connectivity index (χ4v) is 3.52. The number of nitrogens with one attached hydrogen (secondary N) is 1. The molecule has 2 heterocycles. The number of fused-ring (bicyclic) bond motifs is 1. The Balaban J connectivity index is 1.71. The van der Waals surface area contributed by atoms with Crippen LogP contribution >= 0.6 is 11.6 Å². The number of hydrogen-bond acceptors (Lipinski definition) is 6. The van der Waals surface area contributed by atoms with Crippen LogP contribution in [0.4, 0.5) is 5.69 Å². The Hall–Kier alpha value is -3.98. The molecular weight excluding hydrogens is 434 g/mol. The number of methoxy groups -OCH3 is 1. The summed E-state index contributed by atoms with van der Waals surface area (Å²) in [5.74, 6) is -0.0275. The average Bonchev–Trinajstić information content (AvgIpc) is 2.80. The summed E-state index contributed by atoms with van der Waals surface area (Å²) < 4.78 is 7.28. The Morgan fingerprint density at radius 3 is 2.53 bits per heavy atom. The maximum Gasteiger partial charge on any atom is 0.333 e. The molecule has 1 amide bonds. The van der Waals surface area contributed by atoms with Gasteiger partial charge in [0.05, 0.1) is 18.7 Å². The van der Waals surface area contributed by atoms with Crippen LogP contribution in [0, 0.1) is 0 Å². The molecule has 0 unspecified atom stereocenters. The second-order valence-corrected chi connectivity index (χ2v) is 7.28. The number of carbonyl (C=O) groups is 1. The molecule has 0 spiro atoms. The molecule has 2 aromatic carbocycles. The first kappa shape index (κ1) is 21.3. The predicted octanol–water partition coefficient (Wildman–Crippen LogP) is 2.30. The molecule has 32 heavy (non-hydrogen) atoms. The Morgan fingerprint density at radius 2 is 1.81 bits per heavy atom. The lowest BCUT2D eigenvalue weighted by Crippen LogP contribution is -2.42. The summed E-state index contributed by atoms with van der Waals surface area (Å²) in [5, 5.41) is 3.01. The fourth-order valence-electron chi connectivity index (χ4n) is 3.27. The number of nitrogens with zero attached hydrogens (tertiary/aromatic N) is 4. The number of carbonyl (C=O) groups excluding carboxylic acids is 1. The number of aromatic nitrogens is 4. The first-order valence-electron chi connectivity index (χ1n) is 9.59.